The van der Waals surface area contributed by atoms with Crippen molar-refractivity contribution in [2.45, 2.75) is 46.3 Å². The van der Waals surface area contributed by atoms with Gasteiger partial charge in [-0.25, -0.2) is 0 Å². The predicted molar refractivity (Wildman–Crippen MR) is 90.3 cm³/mol. The topological polar surface area (TPSA) is 31.4 Å². The number of nitrogens with one attached hydrogen (secondary N) is 1. The van der Waals surface area contributed by atoms with E-state index in [0.717, 1.165) is 38.4 Å². The molecule has 0 saturated heterocycles. The van der Waals surface area contributed by atoms with Crippen molar-refractivity contribution in [1.82, 2.24) is 20.1 Å². The Morgan fingerprint density at radius 2 is 2.00 bits per heavy atom. The van der Waals surface area contributed by atoms with Crippen LogP contribution in [0.3, 0.4) is 0 Å². The van der Waals surface area contributed by atoms with Gasteiger partial charge in [0.1, 0.15) is 0 Å². The third-order valence-corrected chi connectivity index (χ3v) is 3.67. The van der Waals surface area contributed by atoms with E-state index >= 15 is 0 Å². The van der Waals surface area contributed by atoms with E-state index in [9.17, 15) is 0 Å². The largest absolute Gasteiger partial charge is 0.313 e. The summed E-state index contributed by atoms with van der Waals surface area (Å²) in [4.78, 5) is 9.32. The fourth-order valence-corrected chi connectivity index (χ4v) is 2.49. The number of nitrogens with zero attached hydrogens (tertiary/aromatic N) is 3. The lowest BCUT2D eigenvalue weighted by Crippen LogP contribution is -2.39. The van der Waals surface area contributed by atoms with Crippen molar-refractivity contribution >= 4 is 0 Å². The molecule has 1 N–H and O–H groups in total. The second-order valence-corrected chi connectivity index (χ2v) is 6.01. The summed E-state index contributed by atoms with van der Waals surface area (Å²) in [6, 6.07) is 4.89. The highest BCUT2D eigenvalue weighted by Crippen LogP contribution is 2.08. The van der Waals surface area contributed by atoms with Crippen LogP contribution in [0.2, 0.25) is 0 Å². The van der Waals surface area contributed by atoms with Gasteiger partial charge in [0, 0.05) is 31.9 Å². The first-order valence-electron chi connectivity index (χ1n) is 8.10. The molecule has 4 heteroatoms. The van der Waals surface area contributed by atoms with Gasteiger partial charge >= 0.3 is 0 Å². The zero-order valence-corrected chi connectivity index (χ0v) is 14.4. The first-order valence-corrected chi connectivity index (χ1v) is 8.10. The van der Waals surface area contributed by atoms with Crippen molar-refractivity contribution in [2.75, 3.05) is 33.7 Å². The zero-order chi connectivity index (χ0) is 15.7. The standard InChI is InChI=1S/C17H32N4/c1-6-10-18-11-16-8-9-17(19-12-16)14-21(7-2)15(3)13-20(4)5/h8-9,12,15,18H,6-7,10-11,13-14H2,1-5H3. The van der Waals surface area contributed by atoms with Crippen molar-refractivity contribution in [3.05, 3.63) is 29.6 Å². The summed E-state index contributed by atoms with van der Waals surface area (Å²) in [5, 5.41) is 3.41. The molecule has 0 aromatic carbocycles. The molecule has 1 unspecified atom stereocenters. The molecule has 0 aliphatic heterocycles. The van der Waals surface area contributed by atoms with Crippen molar-refractivity contribution in [3.63, 3.8) is 0 Å². The Morgan fingerprint density at radius 1 is 1.24 bits per heavy atom. The third kappa shape index (κ3) is 7.02. The Bertz CT molecular complexity index is 375. The summed E-state index contributed by atoms with van der Waals surface area (Å²) >= 11 is 0. The number of pyridine rings is 1. The summed E-state index contributed by atoms with van der Waals surface area (Å²) in [6.07, 6.45) is 3.17. The highest BCUT2D eigenvalue weighted by atomic mass is 15.2. The second kappa shape index (κ2) is 9.87. The molecule has 1 rings (SSSR count). The average molecular weight is 292 g/mol. The highest BCUT2D eigenvalue weighted by Gasteiger charge is 2.13. The van der Waals surface area contributed by atoms with Crippen molar-refractivity contribution in [3.8, 4) is 0 Å². The molecule has 0 radical (unpaired) electrons. The predicted octanol–water partition coefficient (Wildman–Crippen LogP) is 2.35. The molecule has 1 aromatic rings. The molecule has 1 heterocycles. The Hall–Kier alpha value is -0.970. The zero-order valence-electron chi connectivity index (χ0n) is 14.4. The molecule has 21 heavy (non-hydrogen) atoms. The van der Waals surface area contributed by atoms with Crippen LogP contribution in [0.1, 0.15) is 38.4 Å². The SMILES string of the molecule is CCCNCc1ccc(CN(CC)C(C)CN(C)C)nc1. The summed E-state index contributed by atoms with van der Waals surface area (Å²) in [7, 11) is 4.25. The number of hydrogen-bond acceptors (Lipinski definition) is 4. The molecular weight excluding hydrogens is 260 g/mol. The van der Waals surface area contributed by atoms with E-state index in [1.165, 1.54) is 12.0 Å². The van der Waals surface area contributed by atoms with Gasteiger partial charge in [-0.05, 0) is 52.2 Å². The van der Waals surface area contributed by atoms with Gasteiger partial charge < -0.3 is 10.2 Å². The minimum absolute atomic E-state index is 0.540. The van der Waals surface area contributed by atoms with Crippen molar-refractivity contribution < 1.29 is 0 Å². The number of hydrogen-bond donors (Lipinski definition) is 1. The van der Waals surface area contributed by atoms with Gasteiger partial charge in [-0.3, -0.25) is 9.88 Å². The molecule has 0 aliphatic carbocycles. The van der Waals surface area contributed by atoms with E-state index in [2.05, 4.69) is 67.1 Å². The molecule has 0 amide bonds. The summed E-state index contributed by atoms with van der Waals surface area (Å²) < 4.78 is 0. The fraction of sp³-hybridized carbons (Fsp3) is 0.706. The van der Waals surface area contributed by atoms with Crippen LogP contribution in [-0.4, -0.2) is 54.6 Å². The summed E-state index contributed by atoms with van der Waals surface area (Å²) in [6.45, 7) is 11.7. The van der Waals surface area contributed by atoms with Crippen LogP contribution in [-0.2, 0) is 13.1 Å². The molecule has 0 saturated carbocycles. The van der Waals surface area contributed by atoms with Crippen molar-refractivity contribution in [2.24, 2.45) is 0 Å². The Morgan fingerprint density at radius 3 is 2.52 bits per heavy atom. The second-order valence-electron chi connectivity index (χ2n) is 6.01. The molecule has 0 bridgehead atoms. The van der Waals surface area contributed by atoms with Crippen LogP contribution in [0.25, 0.3) is 0 Å². The van der Waals surface area contributed by atoms with Crippen LogP contribution >= 0.6 is 0 Å². The van der Waals surface area contributed by atoms with E-state index < -0.39 is 0 Å². The Balaban J connectivity index is 2.52. The molecule has 0 fully saturated rings. The maximum absolute atomic E-state index is 4.61. The minimum Gasteiger partial charge on any atom is -0.313 e. The quantitative estimate of drug-likeness (QED) is 0.671. The first-order chi connectivity index (χ1) is 10.1. The lowest BCUT2D eigenvalue weighted by molar-refractivity contribution is 0.172. The maximum atomic E-state index is 4.61. The molecule has 0 spiro atoms. The normalized spacial score (nSPS) is 13.1. The summed E-state index contributed by atoms with van der Waals surface area (Å²) in [5.74, 6) is 0. The number of aromatic nitrogens is 1. The molecule has 120 valence electrons. The van der Waals surface area contributed by atoms with E-state index in [0.29, 0.717) is 6.04 Å². The molecular formula is C17H32N4. The smallest absolute Gasteiger partial charge is 0.0544 e. The molecule has 0 aliphatic rings. The maximum Gasteiger partial charge on any atom is 0.0544 e. The van der Waals surface area contributed by atoms with Crippen LogP contribution in [0, 0.1) is 0 Å². The summed E-state index contributed by atoms with van der Waals surface area (Å²) in [5.41, 5.74) is 2.42. The number of likely N-dealkylation sites (N-methyl/N-ethyl adjacent to an activating group) is 2. The Kier molecular flexibility index (Phi) is 8.50. The van der Waals surface area contributed by atoms with Gasteiger partial charge in [0.25, 0.3) is 0 Å². The van der Waals surface area contributed by atoms with E-state index in [4.69, 9.17) is 0 Å². The molecule has 1 atom stereocenters. The highest BCUT2D eigenvalue weighted by molar-refractivity contribution is 5.14. The van der Waals surface area contributed by atoms with Crippen LogP contribution in [0.4, 0.5) is 0 Å². The lowest BCUT2D eigenvalue weighted by atomic mass is 10.2. The van der Waals surface area contributed by atoms with E-state index in [1.807, 2.05) is 6.20 Å². The van der Waals surface area contributed by atoms with Crippen LogP contribution < -0.4 is 5.32 Å². The first kappa shape index (κ1) is 18.1. The van der Waals surface area contributed by atoms with Crippen molar-refractivity contribution in [1.29, 1.82) is 0 Å². The van der Waals surface area contributed by atoms with Gasteiger partial charge in [0.2, 0.25) is 0 Å². The Labute approximate surface area is 130 Å². The van der Waals surface area contributed by atoms with Gasteiger partial charge in [-0.2, -0.15) is 0 Å². The fourth-order valence-electron chi connectivity index (χ4n) is 2.49. The average Bonchev–Trinajstić information content (AvgIpc) is 2.45. The van der Waals surface area contributed by atoms with E-state index in [1.54, 1.807) is 0 Å². The monoisotopic (exact) mass is 292 g/mol. The van der Waals surface area contributed by atoms with Gasteiger partial charge in [-0.1, -0.05) is 19.9 Å². The molecule has 4 nitrogen and oxygen atoms in total. The lowest BCUT2D eigenvalue weighted by Gasteiger charge is -2.29. The third-order valence-electron chi connectivity index (χ3n) is 3.67. The van der Waals surface area contributed by atoms with Crippen LogP contribution in [0.15, 0.2) is 18.3 Å². The minimum atomic E-state index is 0.540. The van der Waals surface area contributed by atoms with Gasteiger partial charge in [-0.15, -0.1) is 0 Å². The molecule has 1 aromatic heterocycles. The van der Waals surface area contributed by atoms with Gasteiger partial charge in [0.15, 0.2) is 0 Å². The van der Waals surface area contributed by atoms with Gasteiger partial charge in [0.05, 0.1) is 5.69 Å². The van der Waals surface area contributed by atoms with E-state index in [-0.39, 0.29) is 0 Å². The van der Waals surface area contributed by atoms with Crippen LogP contribution in [0.5, 0.6) is 0 Å². The number of rotatable bonds is 10.